The van der Waals surface area contributed by atoms with Gasteiger partial charge in [-0.2, -0.15) is 0 Å². The first-order valence-corrected chi connectivity index (χ1v) is 9.69. The zero-order valence-corrected chi connectivity index (χ0v) is 17.6. The zero-order valence-electron chi connectivity index (χ0n) is 17.6. The number of benzene rings is 1. The molecule has 0 aliphatic carbocycles. The molecule has 2 heterocycles. The van der Waals surface area contributed by atoms with Gasteiger partial charge in [0, 0.05) is 18.2 Å². The Hall–Kier alpha value is -3.94. The van der Waals surface area contributed by atoms with Gasteiger partial charge in [0.1, 0.15) is 12.0 Å². The van der Waals surface area contributed by atoms with Crippen molar-refractivity contribution in [3.63, 3.8) is 0 Å². The van der Waals surface area contributed by atoms with E-state index in [1.807, 2.05) is 30.3 Å². The molecule has 0 radical (unpaired) electrons. The van der Waals surface area contributed by atoms with E-state index in [0.29, 0.717) is 35.2 Å². The lowest BCUT2D eigenvalue weighted by Crippen LogP contribution is -2.18. The first-order chi connectivity index (χ1) is 15.1. The molecule has 8 heteroatoms. The molecular formula is C23H25N3O5. The summed E-state index contributed by atoms with van der Waals surface area (Å²) >= 11 is 0. The summed E-state index contributed by atoms with van der Waals surface area (Å²) < 4.78 is 21.4. The molecule has 1 aromatic heterocycles. The normalized spacial score (nSPS) is 15.6. The Morgan fingerprint density at radius 1 is 1.26 bits per heavy atom. The Balaban J connectivity index is 1.62. The molecule has 1 amide bonds. The molecule has 0 fully saturated rings. The maximum Gasteiger partial charge on any atom is 0.416 e. The number of anilines is 2. The van der Waals surface area contributed by atoms with Crippen molar-refractivity contribution < 1.29 is 23.7 Å². The number of aromatic nitrogens is 1. The number of rotatable bonds is 8. The van der Waals surface area contributed by atoms with Crippen molar-refractivity contribution in [2.24, 2.45) is 0 Å². The van der Waals surface area contributed by atoms with Crippen molar-refractivity contribution in [1.29, 1.82) is 0 Å². The third kappa shape index (κ3) is 5.79. The summed E-state index contributed by atoms with van der Waals surface area (Å²) in [4.78, 5) is 16.7. The molecule has 162 valence electrons. The molecule has 0 saturated carbocycles. The van der Waals surface area contributed by atoms with Crippen molar-refractivity contribution in [2.45, 2.75) is 19.6 Å². The van der Waals surface area contributed by atoms with E-state index in [1.165, 1.54) is 13.4 Å². The van der Waals surface area contributed by atoms with Gasteiger partial charge in [-0.3, -0.25) is 5.32 Å². The first kappa shape index (κ1) is 21.8. The quantitative estimate of drug-likeness (QED) is 0.450. The molecule has 1 aliphatic heterocycles. The van der Waals surface area contributed by atoms with Gasteiger partial charge in [-0.05, 0) is 37.3 Å². The smallest absolute Gasteiger partial charge is 0.416 e. The van der Waals surface area contributed by atoms with Crippen LogP contribution in [0.25, 0.3) is 0 Å². The van der Waals surface area contributed by atoms with Gasteiger partial charge in [-0.15, -0.1) is 0 Å². The number of pyridine rings is 1. The lowest BCUT2D eigenvalue weighted by Gasteiger charge is -2.16. The van der Waals surface area contributed by atoms with E-state index in [2.05, 4.69) is 15.6 Å². The third-order valence-corrected chi connectivity index (χ3v) is 4.38. The van der Waals surface area contributed by atoms with E-state index in [0.717, 1.165) is 5.56 Å². The van der Waals surface area contributed by atoms with Gasteiger partial charge in [-0.1, -0.05) is 24.3 Å². The summed E-state index contributed by atoms with van der Waals surface area (Å²) in [6, 6.07) is 11.0. The Bertz CT molecular complexity index is 975. The zero-order chi connectivity index (χ0) is 22.1. The second-order valence-corrected chi connectivity index (χ2v) is 6.42. The molecule has 1 aliphatic rings. The topological polar surface area (TPSA) is 90.9 Å². The maximum absolute atomic E-state index is 12.5. The summed E-state index contributed by atoms with van der Waals surface area (Å²) in [6.45, 7) is 1.80. The highest BCUT2D eigenvalue weighted by atomic mass is 16.6. The largest absolute Gasteiger partial charge is 0.501 e. The number of fused-ring (bicyclic) bond motifs is 1. The van der Waals surface area contributed by atoms with Crippen molar-refractivity contribution in [3.05, 3.63) is 84.2 Å². The molecule has 0 bridgehead atoms. The van der Waals surface area contributed by atoms with E-state index in [9.17, 15) is 4.79 Å². The van der Waals surface area contributed by atoms with Crippen LogP contribution in [-0.4, -0.2) is 25.3 Å². The minimum absolute atomic E-state index is 0.407. The fourth-order valence-corrected chi connectivity index (χ4v) is 2.89. The van der Waals surface area contributed by atoms with Crippen LogP contribution in [0.15, 0.2) is 78.6 Å². The SMILES string of the molecule is C/C=C(\CC=C/C(=C/OC)OC)OC(=O)Nc1ccccc1C1Nc2ncccc2O1. The van der Waals surface area contributed by atoms with Crippen LogP contribution in [0.4, 0.5) is 16.3 Å². The number of amides is 1. The van der Waals surface area contributed by atoms with E-state index >= 15 is 0 Å². The lowest BCUT2D eigenvalue weighted by molar-refractivity contribution is 0.189. The van der Waals surface area contributed by atoms with Crippen LogP contribution in [0.3, 0.4) is 0 Å². The molecule has 1 aromatic carbocycles. The number of methoxy groups -OCH3 is 2. The number of hydrogen-bond donors (Lipinski definition) is 2. The van der Waals surface area contributed by atoms with Gasteiger partial charge in [-0.25, -0.2) is 9.78 Å². The van der Waals surface area contributed by atoms with Crippen molar-refractivity contribution in [3.8, 4) is 5.75 Å². The number of ether oxygens (including phenoxy) is 4. The van der Waals surface area contributed by atoms with Crippen LogP contribution in [0.2, 0.25) is 0 Å². The van der Waals surface area contributed by atoms with Crippen LogP contribution >= 0.6 is 0 Å². The van der Waals surface area contributed by atoms with Crippen LogP contribution in [0.1, 0.15) is 25.1 Å². The second kappa shape index (κ2) is 10.7. The predicted molar refractivity (Wildman–Crippen MR) is 117 cm³/mol. The van der Waals surface area contributed by atoms with E-state index in [-0.39, 0.29) is 0 Å². The van der Waals surface area contributed by atoms with Crippen molar-refractivity contribution >= 4 is 17.6 Å². The van der Waals surface area contributed by atoms with E-state index in [4.69, 9.17) is 18.9 Å². The van der Waals surface area contributed by atoms with E-state index < -0.39 is 12.3 Å². The molecule has 31 heavy (non-hydrogen) atoms. The third-order valence-electron chi connectivity index (χ3n) is 4.38. The molecule has 8 nitrogen and oxygen atoms in total. The average Bonchev–Trinajstić information content (AvgIpc) is 3.22. The molecule has 1 unspecified atom stereocenters. The summed E-state index contributed by atoms with van der Waals surface area (Å²) in [5.74, 6) is 2.36. The van der Waals surface area contributed by atoms with Gasteiger partial charge < -0.3 is 24.3 Å². The molecule has 3 rings (SSSR count). The standard InChI is InChI=1S/C23H25N3O5/c1-4-16(9-7-10-17(29-3)15-28-2)30-23(27)25-19-12-6-5-11-18(19)22-26-21-20(31-22)13-8-14-24-21/h4-8,10-15,22H,9H2,1-3H3,(H,24,26)(H,25,27)/b10-7?,16-4+,17-15-. The summed E-state index contributed by atoms with van der Waals surface area (Å²) in [6.07, 6.45) is 7.78. The van der Waals surface area contributed by atoms with Crippen LogP contribution in [-0.2, 0) is 14.2 Å². The van der Waals surface area contributed by atoms with Gasteiger partial charge in [0.15, 0.2) is 23.6 Å². The number of para-hydroxylation sites is 1. The highest BCUT2D eigenvalue weighted by molar-refractivity contribution is 5.86. The summed E-state index contributed by atoms with van der Waals surface area (Å²) in [5.41, 5.74) is 1.34. The Morgan fingerprint density at radius 2 is 2.10 bits per heavy atom. The van der Waals surface area contributed by atoms with Gasteiger partial charge >= 0.3 is 6.09 Å². The molecule has 2 aromatic rings. The fourth-order valence-electron chi connectivity index (χ4n) is 2.89. The minimum atomic E-state index is -0.595. The predicted octanol–water partition coefficient (Wildman–Crippen LogP) is 5.12. The second-order valence-electron chi connectivity index (χ2n) is 6.42. The number of hydrogen-bond acceptors (Lipinski definition) is 7. The maximum atomic E-state index is 12.5. The van der Waals surface area contributed by atoms with Crippen molar-refractivity contribution in [1.82, 2.24) is 4.98 Å². The number of nitrogens with one attached hydrogen (secondary N) is 2. The lowest BCUT2D eigenvalue weighted by atomic mass is 10.1. The van der Waals surface area contributed by atoms with Crippen LogP contribution in [0, 0.1) is 0 Å². The van der Waals surface area contributed by atoms with Gasteiger partial charge in [0.05, 0.1) is 19.9 Å². The molecular weight excluding hydrogens is 398 g/mol. The Morgan fingerprint density at radius 3 is 2.84 bits per heavy atom. The Kier molecular flexibility index (Phi) is 7.53. The molecule has 2 N–H and O–H groups in total. The number of allylic oxidation sites excluding steroid dienone is 3. The average molecular weight is 423 g/mol. The Labute approximate surface area is 181 Å². The highest BCUT2D eigenvalue weighted by Crippen LogP contribution is 2.37. The monoisotopic (exact) mass is 423 g/mol. The number of carbonyl (C=O) groups excluding carboxylic acids is 1. The van der Waals surface area contributed by atoms with E-state index in [1.54, 1.807) is 44.5 Å². The number of carbonyl (C=O) groups is 1. The van der Waals surface area contributed by atoms with Gasteiger partial charge in [0.2, 0.25) is 0 Å². The molecule has 1 atom stereocenters. The van der Waals surface area contributed by atoms with Crippen molar-refractivity contribution in [2.75, 3.05) is 24.9 Å². The summed E-state index contributed by atoms with van der Waals surface area (Å²) in [7, 11) is 3.08. The number of nitrogens with zero attached hydrogens (tertiary/aromatic N) is 1. The minimum Gasteiger partial charge on any atom is -0.501 e. The van der Waals surface area contributed by atoms with Gasteiger partial charge in [0.25, 0.3) is 0 Å². The van der Waals surface area contributed by atoms with Crippen LogP contribution in [0.5, 0.6) is 5.75 Å². The fraction of sp³-hybridized carbons (Fsp3) is 0.217. The van der Waals surface area contributed by atoms with Crippen LogP contribution < -0.4 is 15.4 Å². The summed E-state index contributed by atoms with van der Waals surface area (Å²) in [5, 5.41) is 5.98. The molecule has 0 saturated heterocycles. The highest BCUT2D eigenvalue weighted by Gasteiger charge is 2.26. The first-order valence-electron chi connectivity index (χ1n) is 9.69. The molecule has 0 spiro atoms.